The molecule has 0 saturated carbocycles. The number of hydrogen-bond donors (Lipinski definition) is 3. The number of imidazole rings is 1. The van der Waals surface area contributed by atoms with E-state index in [0.717, 1.165) is 0 Å². The van der Waals surface area contributed by atoms with Gasteiger partial charge in [0.15, 0.2) is 0 Å². The fraction of sp³-hybridized carbons (Fsp3) is 0.286. The predicted molar refractivity (Wildman–Crippen MR) is 121 cm³/mol. The number of piperazine rings is 1. The third-order valence-corrected chi connectivity index (χ3v) is 6.66. The van der Waals surface area contributed by atoms with Crippen molar-refractivity contribution in [1.82, 2.24) is 19.8 Å². The van der Waals surface area contributed by atoms with Crippen molar-refractivity contribution in [3.05, 3.63) is 58.5 Å². The van der Waals surface area contributed by atoms with Crippen LogP contribution in [0.2, 0.25) is 0 Å². The maximum atomic E-state index is 13.1. The summed E-state index contributed by atoms with van der Waals surface area (Å²) in [7, 11) is -4.03. The summed E-state index contributed by atoms with van der Waals surface area (Å²) in [5.74, 6) is -0.345. The molecule has 4 rings (SSSR count). The Morgan fingerprint density at radius 3 is 2.39 bits per heavy atom. The van der Waals surface area contributed by atoms with Crippen molar-refractivity contribution in [2.45, 2.75) is 11.8 Å². The van der Waals surface area contributed by atoms with E-state index in [1.807, 2.05) is 0 Å². The molecule has 0 spiro atoms. The zero-order chi connectivity index (χ0) is 23.6. The van der Waals surface area contributed by atoms with E-state index in [-0.39, 0.29) is 28.7 Å². The molecule has 1 aliphatic rings. The zero-order valence-corrected chi connectivity index (χ0v) is 18.6. The van der Waals surface area contributed by atoms with Crippen LogP contribution in [0.1, 0.15) is 17.3 Å². The van der Waals surface area contributed by atoms with Gasteiger partial charge in [0, 0.05) is 26.2 Å². The van der Waals surface area contributed by atoms with Crippen LogP contribution in [0.15, 0.2) is 52.2 Å². The molecule has 0 atom stereocenters. The molecule has 33 heavy (non-hydrogen) atoms. The van der Waals surface area contributed by atoms with Gasteiger partial charge >= 0.3 is 11.8 Å². The lowest BCUT2D eigenvalue weighted by molar-refractivity contribution is 0.0571. The highest BCUT2D eigenvalue weighted by Gasteiger charge is 2.27. The number of para-hydroxylation sites is 1. The molecule has 2 amide bonds. The van der Waals surface area contributed by atoms with Gasteiger partial charge in [0.25, 0.3) is 15.9 Å². The van der Waals surface area contributed by atoms with Crippen molar-refractivity contribution in [3.63, 3.8) is 0 Å². The van der Waals surface area contributed by atoms with Gasteiger partial charge in [-0.15, -0.1) is 0 Å². The number of aromatic nitrogens is 2. The van der Waals surface area contributed by atoms with E-state index in [4.69, 9.17) is 4.74 Å². The number of carbonyl (C=O) groups is 2. The summed E-state index contributed by atoms with van der Waals surface area (Å²) in [6.07, 6.45) is -0.418. The molecule has 2 heterocycles. The maximum absolute atomic E-state index is 13.1. The molecule has 3 N–H and O–H groups in total. The van der Waals surface area contributed by atoms with E-state index in [1.165, 1.54) is 29.2 Å². The Morgan fingerprint density at radius 1 is 1.00 bits per heavy atom. The smallest absolute Gasteiger partial charge is 0.409 e. The van der Waals surface area contributed by atoms with Crippen molar-refractivity contribution >= 4 is 38.7 Å². The lowest BCUT2D eigenvalue weighted by atomic mass is 10.1. The van der Waals surface area contributed by atoms with Gasteiger partial charge < -0.3 is 24.5 Å². The van der Waals surface area contributed by atoms with Crippen LogP contribution < -0.4 is 10.4 Å². The molecular weight excluding hydrogens is 450 g/mol. The molecule has 1 aromatic heterocycles. The fourth-order valence-electron chi connectivity index (χ4n) is 3.62. The second-order valence-electron chi connectivity index (χ2n) is 7.42. The number of benzene rings is 2. The fourth-order valence-corrected chi connectivity index (χ4v) is 4.72. The van der Waals surface area contributed by atoms with E-state index in [9.17, 15) is 22.8 Å². The van der Waals surface area contributed by atoms with Gasteiger partial charge in [-0.25, -0.2) is 18.0 Å². The summed E-state index contributed by atoms with van der Waals surface area (Å²) >= 11 is 0. The number of fused-ring (bicyclic) bond motifs is 1. The first-order valence-corrected chi connectivity index (χ1v) is 11.8. The van der Waals surface area contributed by atoms with Crippen LogP contribution in [0, 0.1) is 0 Å². The molecule has 0 aliphatic carbocycles. The summed E-state index contributed by atoms with van der Waals surface area (Å²) in [6.45, 7) is 3.26. The first-order valence-electron chi connectivity index (χ1n) is 10.3. The van der Waals surface area contributed by atoms with Crippen LogP contribution >= 0.6 is 0 Å². The van der Waals surface area contributed by atoms with E-state index < -0.39 is 21.8 Å². The standard InChI is InChI=1S/C21H23N5O6S/c1-2-32-21(29)26-11-9-25(10-12-26)19(27)15-5-3-4-6-16(15)24-33(30,31)14-7-8-17-18(13-14)23-20(28)22-17/h3-8,13,24H,2,9-12H2,1H3,(H2,22,23,28). The number of carbonyl (C=O) groups excluding carboxylic acids is 2. The van der Waals surface area contributed by atoms with Crippen molar-refractivity contribution in [3.8, 4) is 0 Å². The number of hydrogen-bond acceptors (Lipinski definition) is 6. The summed E-state index contributed by atoms with van der Waals surface area (Å²) in [4.78, 5) is 44.6. The third kappa shape index (κ3) is 4.70. The Bertz CT molecular complexity index is 1350. The maximum Gasteiger partial charge on any atom is 0.409 e. The second-order valence-corrected chi connectivity index (χ2v) is 9.10. The summed E-state index contributed by atoms with van der Waals surface area (Å²) in [6, 6.07) is 10.5. The molecule has 11 nitrogen and oxygen atoms in total. The van der Waals surface area contributed by atoms with Crippen LogP contribution in [0.4, 0.5) is 10.5 Å². The SMILES string of the molecule is CCOC(=O)N1CCN(C(=O)c2ccccc2NS(=O)(=O)c2ccc3[nH]c(=O)[nH]c3c2)CC1. The van der Waals surface area contributed by atoms with Gasteiger partial charge in [0.1, 0.15) is 0 Å². The predicted octanol–water partition coefficient (Wildman–Crippen LogP) is 1.57. The molecule has 2 aromatic carbocycles. The molecule has 1 saturated heterocycles. The highest BCUT2D eigenvalue weighted by atomic mass is 32.2. The van der Waals surface area contributed by atoms with Gasteiger partial charge in [-0.1, -0.05) is 12.1 Å². The van der Waals surface area contributed by atoms with Gasteiger partial charge in [0.05, 0.1) is 33.8 Å². The highest BCUT2D eigenvalue weighted by Crippen LogP contribution is 2.23. The second kappa shape index (κ2) is 8.98. The minimum atomic E-state index is -4.03. The third-order valence-electron chi connectivity index (χ3n) is 5.29. The summed E-state index contributed by atoms with van der Waals surface area (Å²) in [5.41, 5.74) is 0.731. The van der Waals surface area contributed by atoms with Crippen molar-refractivity contribution < 1.29 is 22.7 Å². The highest BCUT2D eigenvalue weighted by molar-refractivity contribution is 7.92. The molecule has 1 fully saturated rings. The molecule has 174 valence electrons. The molecule has 1 aliphatic heterocycles. The number of H-pyrrole nitrogens is 2. The quantitative estimate of drug-likeness (QED) is 0.513. The molecule has 0 radical (unpaired) electrons. The van der Waals surface area contributed by atoms with Crippen molar-refractivity contribution in [1.29, 1.82) is 0 Å². The number of amides is 2. The van der Waals surface area contributed by atoms with Crippen molar-refractivity contribution in [2.24, 2.45) is 0 Å². The number of rotatable bonds is 5. The van der Waals surface area contributed by atoms with Crippen LogP contribution in [-0.4, -0.2) is 73.0 Å². The largest absolute Gasteiger partial charge is 0.450 e. The van der Waals surface area contributed by atoms with Gasteiger partial charge in [-0.3, -0.25) is 9.52 Å². The molecule has 0 bridgehead atoms. The lowest BCUT2D eigenvalue weighted by Crippen LogP contribution is -2.50. The minimum absolute atomic E-state index is 0.0597. The van der Waals surface area contributed by atoms with Gasteiger partial charge in [-0.2, -0.15) is 0 Å². The number of ether oxygens (including phenoxy) is 1. The average molecular weight is 474 g/mol. The van der Waals surface area contributed by atoms with Crippen molar-refractivity contribution in [2.75, 3.05) is 37.5 Å². The Morgan fingerprint density at radius 2 is 1.67 bits per heavy atom. The monoisotopic (exact) mass is 473 g/mol. The van der Waals surface area contributed by atoms with Crippen LogP contribution in [0.3, 0.4) is 0 Å². The zero-order valence-electron chi connectivity index (χ0n) is 17.8. The van der Waals surface area contributed by atoms with E-state index >= 15 is 0 Å². The Hall–Kier alpha value is -3.80. The van der Waals surface area contributed by atoms with E-state index in [1.54, 1.807) is 30.0 Å². The van der Waals surface area contributed by atoms with E-state index in [0.29, 0.717) is 37.2 Å². The first kappa shape index (κ1) is 22.4. The molecule has 0 unspecified atom stereocenters. The Balaban J connectivity index is 1.53. The van der Waals surface area contributed by atoms with Crippen LogP contribution in [0.25, 0.3) is 11.0 Å². The van der Waals surface area contributed by atoms with Gasteiger partial charge in [-0.05, 0) is 37.3 Å². The number of nitrogens with zero attached hydrogens (tertiary/aromatic N) is 2. The molecule has 12 heteroatoms. The van der Waals surface area contributed by atoms with Gasteiger partial charge in [0.2, 0.25) is 0 Å². The normalized spacial score (nSPS) is 14.3. The number of sulfonamides is 1. The average Bonchev–Trinajstić information content (AvgIpc) is 3.18. The number of nitrogens with one attached hydrogen (secondary N) is 3. The molecular formula is C21H23N5O6S. The van der Waals surface area contributed by atoms with Crippen LogP contribution in [0.5, 0.6) is 0 Å². The number of anilines is 1. The summed E-state index contributed by atoms with van der Waals surface area (Å²) in [5, 5.41) is 0. The van der Waals surface area contributed by atoms with E-state index in [2.05, 4.69) is 14.7 Å². The molecule has 3 aromatic rings. The summed E-state index contributed by atoms with van der Waals surface area (Å²) < 4.78 is 33.4. The number of aromatic amines is 2. The Kier molecular flexibility index (Phi) is 6.09. The minimum Gasteiger partial charge on any atom is -0.450 e. The lowest BCUT2D eigenvalue weighted by Gasteiger charge is -2.34. The van der Waals surface area contributed by atoms with Crippen LogP contribution in [-0.2, 0) is 14.8 Å². The topological polar surface area (TPSA) is 145 Å². The Labute approximate surface area is 189 Å². The first-order chi connectivity index (χ1) is 15.8.